The summed E-state index contributed by atoms with van der Waals surface area (Å²) in [6.07, 6.45) is 0. The molecule has 0 bridgehead atoms. The van der Waals surface area contributed by atoms with Crippen molar-refractivity contribution in [1.29, 1.82) is 0 Å². The maximum Gasteiger partial charge on any atom is 0.243 e. The first-order valence-corrected chi connectivity index (χ1v) is 5.31. The summed E-state index contributed by atoms with van der Waals surface area (Å²) in [4.78, 5) is 11.7. The first-order chi connectivity index (χ1) is 6.68. The van der Waals surface area contributed by atoms with Crippen LogP contribution in [0.25, 0.3) is 10.1 Å². The highest BCUT2D eigenvalue weighted by molar-refractivity contribution is 7.19. The molecular weight excluding hydrogens is 218 g/mol. The third-order valence-electron chi connectivity index (χ3n) is 2.00. The van der Waals surface area contributed by atoms with E-state index in [1.54, 1.807) is 0 Å². The number of fused-ring (bicyclic) bond motifs is 1. The molecule has 0 fully saturated rings. The molecule has 1 aromatic heterocycles. The molecule has 0 saturated heterocycles. The third kappa shape index (κ3) is 1.66. The van der Waals surface area contributed by atoms with Crippen molar-refractivity contribution in [2.24, 2.45) is 5.73 Å². The second-order valence-electron chi connectivity index (χ2n) is 2.97. The molecule has 1 atom stereocenters. The fourth-order valence-electron chi connectivity index (χ4n) is 1.27. The quantitative estimate of drug-likeness (QED) is 0.799. The van der Waals surface area contributed by atoms with E-state index in [1.165, 1.54) is 11.3 Å². The van der Waals surface area contributed by atoms with Gasteiger partial charge in [-0.15, -0.1) is 11.3 Å². The zero-order valence-corrected chi connectivity index (χ0v) is 8.81. The highest BCUT2D eigenvalue weighted by Gasteiger charge is 2.15. The molecule has 0 aliphatic heterocycles. The summed E-state index contributed by atoms with van der Waals surface area (Å²) in [5, 5.41) is 0.581. The van der Waals surface area contributed by atoms with E-state index in [2.05, 4.69) is 0 Å². The molecule has 2 N–H and O–H groups in total. The van der Waals surface area contributed by atoms with Gasteiger partial charge in [0, 0.05) is 9.58 Å². The summed E-state index contributed by atoms with van der Waals surface area (Å²) in [6, 6.07) is 9.10. The highest BCUT2D eigenvalue weighted by Crippen LogP contribution is 2.29. The van der Waals surface area contributed by atoms with Crippen LogP contribution in [-0.4, -0.2) is 5.24 Å². The molecule has 1 unspecified atom stereocenters. The number of hydrogen-bond acceptors (Lipinski definition) is 3. The van der Waals surface area contributed by atoms with Crippen LogP contribution in [0.4, 0.5) is 0 Å². The van der Waals surface area contributed by atoms with E-state index in [0.717, 1.165) is 15.0 Å². The Bertz CT molecular complexity index is 447. The fourth-order valence-corrected chi connectivity index (χ4v) is 2.52. The van der Waals surface area contributed by atoms with Crippen molar-refractivity contribution < 1.29 is 4.79 Å². The molecule has 0 amide bonds. The second-order valence-corrected chi connectivity index (χ2v) is 4.46. The number of rotatable bonds is 2. The number of halogens is 1. The monoisotopic (exact) mass is 225 g/mol. The van der Waals surface area contributed by atoms with Gasteiger partial charge in [0.1, 0.15) is 6.04 Å². The Labute approximate surface area is 90.3 Å². The standard InChI is InChI=1S/C10H8ClNOS/c11-10(13)9(12)8-5-6-3-1-2-4-7(6)14-8/h1-5,9H,12H2. The van der Waals surface area contributed by atoms with Crippen molar-refractivity contribution in [3.63, 3.8) is 0 Å². The van der Waals surface area contributed by atoms with Gasteiger partial charge in [-0.1, -0.05) is 18.2 Å². The van der Waals surface area contributed by atoms with Crippen LogP contribution >= 0.6 is 22.9 Å². The molecule has 0 saturated carbocycles. The number of benzene rings is 1. The minimum Gasteiger partial charge on any atom is -0.316 e. The number of hydrogen-bond donors (Lipinski definition) is 1. The Kier molecular flexibility index (Phi) is 2.54. The lowest BCUT2D eigenvalue weighted by Gasteiger charge is -2.00. The summed E-state index contributed by atoms with van der Waals surface area (Å²) in [5.41, 5.74) is 5.63. The van der Waals surface area contributed by atoms with Gasteiger partial charge in [-0.3, -0.25) is 4.79 Å². The molecule has 0 aliphatic carbocycles. The van der Waals surface area contributed by atoms with E-state index in [1.807, 2.05) is 30.3 Å². The molecule has 72 valence electrons. The minimum atomic E-state index is -0.700. The SMILES string of the molecule is NC(C(=O)Cl)c1cc2ccccc2s1. The van der Waals surface area contributed by atoms with Crippen molar-refractivity contribution in [2.45, 2.75) is 6.04 Å². The summed E-state index contributed by atoms with van der Waals surface area (Å²) >= 11 is 6.84. The fraction of sp³-hybridized carbons (Fsp3) is 0.100. The molecule has 4 heteroatoms. The molecule has 1 heterocycles. The topological polar surface area (TPSA) is 43.1 Å². The molecule has 14 heavy (non-hydrogen) atoms. The molecule has 0 spiro atoms. The lowest BCUT2D eigenvalue weighted by Crippen LogP contribution is -2.15. The summed E-state index contributed by atoms with van der Waals surface area (Å²) in [5.74, 6) is 0. The lowest BCUT2D eigenvalue weighted by atomic mass is 10.2. The molecule has 2 rings (SSSR count). The minimum absolute atomic E-state index is 0.517. The van der Waals surface area contributed by atoms with Crippen molar-refractivity contribution in [2.75, 3.05) is 0 Å². The summed E-state index contributed by atoms with van der Waals surface area (Å²) in [7, 11) is 0. The van der Waals surface area contributed by atoms with Gasteiger partial charge >= 0.3 is 0 Å². The Morgan fingerprint density at radius 3 is 2.79 bits per heavy atom. The van der Waals surface area contributed by atoms with Gasteiger partial charge in [0.2, 0.25) is 5.24 Å². The normalized spacial score (nSPS) is 13.0. The smallest absolute Gasteiger partial charge is 0.243 e. The van der Waals surface area contributed by atoms with Gasteiger partial charge in [-0.25, -0.2) is 0 Å². The molecule has 2 nitrogen and oxygen atoms in total. The predicted octanol–water partition coefficient (Wildman–Crippen LogP) is 2.67. The Morgan fingerprint density at radius 1 is 1.43 bits per heavy atom. The highest BCUT2D eigenvalue weighted by atomic mass is 35.5. The van der Waals surface area contributed by atoms with Crippen LogP contribution < -0.4 is 5.73 Å². The van der Waals surface area contributed by atoms with Crippen LogP contribution in [0, 0.1) is 0 Å². The van der Waals surface area contributed by atoms with Crippen LogP contribution in [0.5, 0.6) is 0 Å². The first-order valence-electron chi connectivity index (χ1n) is 4.12. The van der Waals surface area contributed by atoms with E-state index >= 15 is 0 Å². The van der Waals surface area contributed by atoms with Gasteiger partial charge in [-0.05, 0) is 29.1 Å². The number of carbonyl (C=O) groups is 1. The molecule has 1 aromatic carbocycles. The van der Waals surface area contributed by atoms with Crippen LogP contribution in [-0.2, 0) is 4.79 Å². The third-order valence-corrected chi connectivity index (χ3v) is 3.43. The Morgan fingerprint density at radius 2 is 2.14 bits per heavy atom. The van der Waals surface area contributed by atoms with Crippen molar-refractivity contribution >= 4 is 38.3 Å². The zero-order valence-electron chi connectivity index (χ0n) is 7.24. The number of thiophene rings is 1. The van der Waals surface area contributed by atoms with Crippen LogP contribution in [0.2, 0.25) is 0 Å². The maximum atomic E-state index is 10.9. The molecule has 2 aromatic rings. The van der Waals surface area contributed by atoms with Gasteiger partial charge in [0.15, 0.2) is 0 Å². The van der Waals surface area contributed by atoms with Crippen LogP contribution in [0.1, 0.15) is 10.9 Å². The average molecular weight is 226 g/mol. The number of nitrogens with two attached hydrogens (primary N) is 1. The van der Waals surface area contributed by atoms with Crippen molar-refractivity contribution in [3.8, 4) is 0 Å². The number of carbonyl (C=O) groups excluding carboxylic acids is 1. The summed E-state index contributed by atoms with van der Waals surface area (Å²) < 4.78 is 1.12. The molecule has 0 radical (unpaired) electrons. The zero-order chi connectivity index (χ0) is 10.1. The van der Waals surface area contributed by atoms with E-state index in [0.29, 0.717) is 0 Å². The second kappa shape index (κ2) is 3.69. The first kappa shape index (κ1) is 9.65. The van der Waals surface area contributed by atoms with E-state index in [4.69, 9.17) is 17.3 Å². The maximum absolute atomic E-state index is 10.9. The van der Waals surface area contributed by atoms with Gasteiger partial charge in [0.25, 0.3) is 0 Å². The van der Waals surface area contributed by atoms with Gasteiger partial charge in [0.05, 0.1) is 0 Å². The Hall–Kier alpha value is -0.900. The van der Waals surface area contributed by atoms with Crippen LogP contribution in [0.15, 0.2) is 30.3 Å². The summed E-state index contributed by atoms with van der Waals surface area (Å²) in [6.45, 7) is 0. The Balaban J connectivity index is 2.50. The van der Waals surface area contributed by atoms with Crippen molar-refractivity contribution in [3.05, 3.63) is 35.2 Å². The van der Waals surface area contributed by atoms with E-state index in [9.17, 15) is 4.79 Å². The van der Waals surface area contributed by atoms with Crippen molar-refractivity contribution in [1.82, 2.24) is 0 Å². The van der Waals surface area contributed by atoms with Crippen LogP contribution in [0.3, 0.4) is 0 Å². The van der Waals surface area contributed by atoms with E-state index in [-0.39, 0.29) is 0 Å². The average Bonchev–Trinajstić information content (AvgIpc) is 2.59. The van der Waals surface area contributed by atoms with Gasteiger partial charge in [-0.2, -0.15) is 0 Å². The molecular formula is C10H8ClNOS. The predicted molar refractivity (Wildman–Crippen MR) is 59.6 cm³/mol. The lowest BCUT2D eigenvalue weighted by molar-refractivity contribution is -0.112. The van der Waals surface area contributed by atoms with E-state index < -0.39 is 11.3 Å². The largest absolute Gasteiger partial charge is 0.316 e. The molecule has 0 aliphatic rings. The van der Waals surface area contributed by atoms with Gasteiger partial charge < -0.3 is 5.73 Å².